The lowest BCUT2D eigenvalue weighted by Gasteiger charge is -2.19. The summed E-state index contributed by atoms with van der Waals surface area (Å²) in [6.45, 7) is 1.73. The van der Waals surface area contributed by atoms with E-state index in [1.54, 1.807) is 0 Å². The van der Waals surface area contributed by atoms with E-state index in [-0.39, 0.29) is 0 Å². The first-order valence-electron chi connectivity index (χ1n) is 8.30. The van der Waals surface area contributed by atoms with Gasteiger partial charge < -0.3 is 5.32 Å². The predicted octanol–water partition coefficient (Wildman–Crippen LogP) is 4.51. The van der Waals surface area contributed by atoms with E-state index in [2.05, 4.69) is 89.6 Å². The van der Waals surface area contributed by atoms with E-state index in [4.69, 9.17) is 0 Å². The average Bonchev–Trinajstić information content (AvgIpc) is 2.69. The Balaban J connectivity index is 1.71. The molecular formula is C22H20N2. The van der Waals surface area contributed by atoms with Gasteiger partial charge >= 0.3 is 0 Å². The van der Waals surface area contributed by atoms with Crippen LogP contribution in [-0.4, -0.2) is 13.2 Å². The molecule has 3 aromatic carbocycles. The van der Waals surface area contributed by atoms with E-state index >= 15 is 0 Å². The molecule has 0 spiro atoms. The van der Waals surface area contributed by atoms with E-state index in [0.29, 0.717) is 0 Å². The highest BCUT2D eigenvalue weighted by Gasteiger charge is 2.11. The quantitative estimate of drug-likeness (QED) is 0.743. The predicted molar refractivity (Wildman–Crippen MR) is 101 cm³/mol. The van der Waals surface area contributed by atoms with E-state index in [1.165, 1.54) is 33.4 Å². The minimum absolute atomic E-state index is 0.831. The van der Waals surface area contributed by atoms with Crippen molar-refractivity contribution >= 4 is 5.57 Å². The molecule has 0 aromatic heterocycles. The van der Waals surface area contributed by atoms with Gasteiger partial charge in [-0.05, 0) is 33.4 Å². The van der Waals surface area contributed by atoms with E-state index in [9.17, 15) is 0 Å². The van der Waals surface area contributed by atoms with Gasteiger partial charge in [0.25, 0.3) is 0 Å². The molecule has 0 bridgehead atoms. The fourth-order valence-electron chi connectivity index (χ4n) is 3.16. The molecule has 4 rings (SSSR count). The zero-order chi connectivity index (χ0) is 16.2. The highest BCUT2D eigenvalue weighted by Crippen LogP contribution is 2.30. The van der Waals surface area contributed by atoms with Gasteiger partial charge in [0.1, 0.15) is 0 Å². The van der Waals surface area contributed by atoms with Crippen molar-refractivity contribution < 1.29 is 0 Å². The van der Waals surface area contributed by atoms with Crippen LogP contribution in [0.3, 0.4) is 0 Å². The molecule has 0 saturated heterocycles. The second kappa shape index (κ2) is 6.73. The van der Waals surface area contributed by atoms with E-state index < -0.39 is 0 Å². The SMILES string of the molecule is C1=C(c2ccccc2-c2ccc(-c3ccccc3)cc2)CNCN1. The summed E-state index contributed by atoms with van der Waals surface area (Å²) in [4.78, 5) is 0. The highest BCUT2D eigenvalue weighted by molar-refractivity contribution is 5.83. The molecular weight excluding hydrogens is 292 g/mol. The second-order valence-electron chi connectivity index (χ2n) is 5.97. The van der Waals surface area contributed by atoms with Gasteiger partial charge in [-0.1, -0.05) is 78.9 Å². The first kappa shape index (κ1) is 14.7. The van der Waals surface area contributed by atoms with Crippen molar-refractivity contribution in [1.29, 1.82) is 0 Å². The van der Waals surface area contributed by atoms with Crippen LogP contribution >= 0.6 is 0 Å². The number of hydrogen-bond donors (Lipinski definition) is 2. The lowest BCUT2D eigenvalue weighted by atomic mass is 9.93. The first-order chi connectivity index (χ1) is 11.9. The van der Waals surface area contributed by atoms with E-state index in [0.717, 1.165) is 13.2 Å². The number of nitrogens with one attached hydrogen (secondary N) is 2. The molecule has 1 aliphatic rings. The minimum atomic E-state index is 0.831. The lowest BCUT2D eigenvalue weighted by molar-refractivity contribution is 0.678. The molecule has 0 unspecified atom stereocenters. The fourth-order valence-corrected chi connectivity index (χ4v) is 3.16. The summed E-state index contributed by atoms with van der Waals surface area (Å²) in [7, 11) is 0. The molecule has 0 radical (unpaired) electrons. The maximum atomic E-state index is 3.36. The van der Waals surface area contributed by atoms with Gasteiger partial charge in [0.15, 0.2) is 0 Å². The van der Waals surface area contributed by atoms with Crippen LogP contribution < -0.4 is 10.6 Å². The zero-order valence-electron chi connectivity index (χ0n) is 13.5. The maximum absolute atomic E-state index is 3.36. The standard InChI is InChI=1S/C22H20N2/c1-2-6-17(7-3-1)18-10-12-19(13-11-18)21-8-4-5-9-22(21)20-14-23-16-24-15-20/h1-14,23-24H,15-16H2. The Hall–Kier alpha value is -2.84. The summed E-state index contributed by atoms with van der Waals surface area (Å²) in [6.07, 6.45) is 2.12. The van der Waals surface area contributed by atoms with Crippen LogP contribution in [0, 0.1) is 0 Å². The van der Waals surface area contributed by atoms with Gasteiger partial charge in [0.05, 0.1) is 6.67 Å². The molecule has 3 aromatic rings. The van der Waals surface area contributed by atoms with Crippen LogP contribution in [0.4, 0.5) is 0 Å². The first-order valence-corrected chi connectivity index (χ1v) is 8.30. The van der Waals surface area contributed by atoms with Crippen molar-refractivity contribution in [3.63, 3.8) is 0 Å². The Labute approximate surface area is 142 Å². The zero-order valence-corrected chi connectivity index (χ0v) is 13.5. The molecule has 2 N–H and O–H groups in total. The molecule has 0 fully saturated rings. The Morgan fingerprint density at radius 1 is 0.583 bits per heavy atom. The molecule has 118 valence electrons. The third-order valence-electron chi connectivity index (χ3n) is 4.39. The van der Waals surface area contributed by atoms with Crippen molar-refractivity contribution in [1.82, 2.24) is 10.6 Å². The third kappa shape index (κ3) is 2.97. The molecule has 1 aliphatic heterocycles. The molecule has 24 heavy (non-hydrogen) atoms. The maximum Gasteiger partial charge on any atom is 0.0650 e. The van der Waals surface area contributed by atoms with Crippen LogP contribution in [-0.2, 0) is 0 Å². The van der Waals surface area contributed by atoms with Crippen molar-refractivity contribution in [3.8, 4) is 22.3 Å². The third-order valence-corrected chi connectivity index (χ3v) is 4.39. The van der Waals surface area contributed by atoms with Crippen LogP contribution in [0.1, 0.15) is 5.56 Å². The van der Waals surface area contributed by atoms with Crippen LogP contribution in [0.2, 0.25) is 0 Å². The van der Waals surface area contributed by atoms with Gasteiger partial charge in [0.2, 0.25) is 0 Å². The number of hydrogen-bond acceptors (Lipinski definition) is 2. The van der Waals surface area contributed by atoms with Crippen molar-refractivity contribution in [3.05, 3.63) is 90.6 Å². The topological polar surface area (TPSA) is 24.1 Å². The highest BCUT2D eigenvalue weighted by atomic mass is 15.1. The van der Waals surface area contributed by atoms with Gasteiger partial charge in [0, 0.05) is 12.7 Å². The normalized spacial score (nSPS) is 13.9. The van der Waals surface area contributed by atoms with Crippen molar-refractivity contribution in [2.75, 3.05) is 13.2 Å². The Morgan fingerprint density at radius 3 is 1.92 bits per heavy atom. The molecule has 2 nitrogen and oxygen atoms in total. The Morgan fingerprint density at radius 2 is 1.21 bits per heavy atom. The van der Waals surface area contributed by atoms with Crippen molar-refractivity contribution in [2.24, 2.45) is 0 Å². The average molecular weight is 312 g/mol. The lowest BCUT2D eigenvalue weighted by Crippen LogP contribution is -2.32. The van der Waals surface area contributed by atoms with Gasteiger partial charge in [-0.3, -0.25) is 5.32 Å². The van der Waals surface area contributed by atoms with Crippen LogP contribution in [0.15, 0.2) is 85.1 Å². The van der Waals surface area contributed by atoms with Crippen molar-refractivity contribution in [2.45, 2.75) is 0 Å². The molecule has 0 saturated carbocycles. The molecule has 2 heteroatoms. The summed E-state index contributed by atoms with van der Waals surface area (Å²) < 4.78 is 0. The van der Waals surface area contributed by atoms with Gasteiger partial charge in [-0.15, -0.1) is 0 Å². The van der Waals surface area contributed by atoms with Gasteiger partial charge in [-0.25, -0.2) is 0 Å². The monoisotopic (exact) mass is 312 g/mol. The molecule has 0 amide bonds. The molecule has 1 heterocycles. The smallest absolute Gasteiger partial charge is 0.0650 e. The summed E-state index contributed by atoms with van der Waals surface area (Å²) in [5.74, 6) is 0. The van der Waals surface area contributed by atoms with Crippen LogP contribution in [0.25, 0.3) is 27.8 Å². The number of rotatable bonds is 3. The molecule has 0 aliphatic carbocycles. The van der Waals surface area contributed by atoms with Crippen LogP contribution in [0.5, 0.6) is 0 Å². The molecule has 0 atom stereocenters. The number of benzene rings is 3. The Bertz CT molecular complexity index is 849. The second-order valence-corrected chi connectivity index (χ2v) is 5.97. The van der Waals surface area contributed by atoms with Gasteiger partial charge in [-0.2, -0.15) is 0 Å². The minimum Gasteiger partial charge on any atom is -0.378 e. The Kier molecular flexibility index (Phi) is 4.13. The largest absolute Gasteiger partial charge is 0.378 e. The summed E-state index contributed by atoms with van der Waals surface area (Å²) in [5, 5.41) is 6.63. The fraction of sp³-hybridized carbons (Fsp3) is 0.0909. The van der Waals surface area contributed by atoms with E-state index in [1.807, 2.05) is 6.07 Å². The summed E-state index contributed by atoms with van der Waals surface area (Å²) in [5.41, 5.74) is 7.59. The summed E-state index contributed by atoms with van der Waals surface area (Å²) >= 11 is 0. The summed E-state index contributed by atoms with van der Waals surface area (Å²) in [6, 6.07) is 27.9.